The van der Waals surface area contributed by atoms with Gasteiger partial charge in [0.15, 0.2) is 0 Å². The summed E-state index contributed by atoms with van der Waals surface area (Å²) < 4.78 is 0. The highest BCUT2D eigenvalue weighted by Gasteiger charge is 2.22. The molecule has 0 heteroatoms. The minimum Gasteiger partial charge on any atom is -0.0622 e. The van der Waals surface area contributed by atoms with E-state index in [1.54, 1.807) is 0 Å². The molecule has 0 aliphatic carbocycles. The van der Waals surface area contributed by atoms with Crippen molar-refractivity contribution >= 4 is 75.4 Å². The van der Waals surface area contributed by atoms with Gasteiger partial charge in [-0.05, 0) is 110 Å². The number of hydrogen-bond acceptors (Lipinski definition) is 0. The third kappa shape index (κ3) is 3.17. The van der Waals surface area contributed by atoms with Crippen LogP contribution in [0.3, 0.4) is 0 Å². The van der Waals surface area contributed by atoms with Crippen LogP contribution in [0.15, 0.2) is 158 Å². The number of rotatable bonds is 2. The van der Waals surface area contributed by atoms with Gasteiger partial charge in [-0.3, -0.25) is 0 Å². The molecular formula is C44H26. The van der Waals surface area contributed by atoms with Crippen molar-refractivity contribution < 1.29 is 0 Å². The summed E-state index contributed by atoms with van der Waals surface area (Å²) in [7, 11) is 0. The first-order chi connectivity index (χ1) is 21.8. The molecule has 10 aromatic rings. The lowest BCUT2D eigenvalue weighted by Gasteiger charge is -2.22. The van der Waals surface area contributed by atoms with E-state index in [2.05, 4.69) is 158 Å². The van der Waals surface area contributed by atoms with Crippen LogP contribution >= 0.6 is 0 Å². The van der Waals surface area contributed by atoms with Crippen LogP contribution < -0.4 is 0 Å². The first kappa shape index (κ1) is 23.8. The van der Waals surface area contributed by atoms with E-state index in [1.807, 2.05) is 0 Å². The van der Waals surface area contributed by atoms with Gasteiger partial charge in [-0.15, -0.1) is 0 Å². The van der Waals surface area contributed by atoms with Gasteiger partial charge in [-0.1, -0.05) is 146 Å². The van der Waals surface area contributed by atoms with Crippen molar-refractivity contribution in [3.63, 3.8) is 0 Å². The highest BCUT2D eigenvalue weighted by atomic mass is 14.2. The summed E-state index contributed by atoms with van der Waals surface area (Å²) in [6.45, 7) is 0. The van der Waals surface area contributed by atoms with Crippen molar-refractivity contribution in [3.8, 4) is 22.3 Å². The molecule has 0 fully saturated rings. The molecule has 0 saturated heterocycles. The van der Waals surface area contributed by atoms with E-state index in [9.17, 15) is 0 Å². The summed E-state index contributed by atoms with van der Waals surface area (Å²) in [6, 6.07) is 58.5. The highest BCUT2D eigenvalue weighted by Crippen LogP contribution is 2.50. The van der Waals surface area contributed by atoms with Crippen molar-refractivity contribution in [1.82, 2.24) is 0 Å². The molecule has 10 rings (SSSR count). The van der Waals surface area contributed by atoms with Gasteiger partial charge in [0.05, 0.1) is 0 Å². The maximum atomic E-state index is 2.41. The third-order valence-corrected chi connectivity index (χ3v) is 9.74. The van der Waals surface area contributed by atoms with E-state index >= 15 is 0 Å². The molecule has 0 radical (unpaired) electrons. The fourth-order valence-electron chi connectivity index (χ4n) is 7.91. The van der Waals surface area contributed by atoms with Gasteiger partial charge in [-0.2, -0.15) is 0 Å². The van der Waals surface area contributed by atoms with Crippen LogP contribution in [-0.2, 0) is 0 Å². The van der Waals surface area contributed by atoms with Gasteiger partial charge in [0, 0.05) is 0 Å². The molecule has 0 aromatic heterocycles. The van der Waals surface area contributed by atoms with Crippen molar-refractivity contribution in [2.24, 2.45) is 0 Å². The predicted octanol–water partition coefficient (Wildman–Crippen LogP) is 12.5. The third-order valence-electron chi connectivity index (χ3n) is 9.74. The topological polar surface area (TPSA) is 0 Å². The minimum absolute atomic E-state index is 1.25. The molecule has 0 heterocycles. The highest BCUT2D eigenvalue weighted by molar-refractivity contribution is 6.44. The molecule has 0 atom stereocenters. The molecule has 44 heavy (non-hydrogen) atoms. The van der Waals surface area contributed by atoms with Crippen molar-refractivity contribution in [3.05, 3.63) is 158 Å². The second-order valence-corrected chi connectivity index (χ2v) is 12.0. The van der Waals surface area contributed by atoms with Crippen LogP contribution in [-0.4, -0.2) is 0 Å². The fourth-order valence-corrected chi connectivity index (χ4v) is 7.91. The molecule has 202 valence electrons. The number of benzene rings is 10. The van der Waals surface area contributed by atoms with Gasteiger partial charge in [0.1, 0.15) is 0 Å². The molecule has 0 aliphatic heterocycles. The van der Waals surface area contributed by atoms with E-state index in [-0.39, 0.29) is 0 Å². The van der Waals surface area contributed by atoms with Crippen LogP contribution in [0.25, 0.3) is 97.7 Å². The lowest BCUT2D eigenvalue weighted by atomic mass is 9.81. The molecule has 0 bridgehead atoms. The molecule has 10 aromatic carbocycles. The molecular weight excluding hydrogens is 528 g/mol. The standard InChI is InChI=1S/C44H26/c1-2-12-28(13-3-1)32-23-24-38-42-35-18-9-8-17-34(35)40(31-22-21-27-11-4-5-14-29(27)25-31)36-19-10-20-37(43(36)42)41-33-16-7-6-15-30(33)26-39(32)44(38)41/h1-26H. The zero-order valence-electron chi connectivity index (χ0n) is 24.0. The molecule has 0 nitrogen and oxygen atoms in total. The Labute approximate surface area is 254 Å². The SMILES string of the molecule is c1ccc(-c2ccc3c4c2cc2ccccc2c4c2cccc4c(-c5ccc6ccccc6c5)c5ccccc5c3c42)cc1. The fraction of sp³-hybridized carbons (Fsp3) is 0. The van der Waals surface area contributed by atoms with E-state index in [4.69, 9.17) is 0 Å². The molecule has 0 saturated carbocycles. The molecule has 0 N–H and O–H groups in total. The monoisotopic (exact) mass is 554 g/mol. The first-order valence-electron chi connectivity index (χ1n) is 15.4. The van der Waals surface area contributed by atoms with E-state index in [0.29, 0.717) is 0 Å². The zero-order chi connectivity index (χ0) is 28.8. The molecule has 0 unspecified atom stereocenters. The van der Waals surface area contributed by atoms with Gasteiger partial charge < -0.3 is 0 Å². The quantitative estimate of drug-likeness (QED) is 0.147. The Morgan fingerprint density at radius 2 is 0.841 bits per heavy atom. The van der Waals surface area contributed by atoms with E-state index in [0.717, 1.165) is 0 Å². The lowest BCUT2D eigenvalue weighted by Crippen LogP contribution is -1.94. The smallest absolute Gasteiger partial charge is 0.00134 e. The van der Waals surface area contributed by atoms with Crippen molar-refractivity contribution in [2.75, 3.05) is 0 Å². The summed E-state index contributed by atoms with van der Waals surface area (Å²) in [5, 5.41) is 18.4. The van der Waals surface area contributed by atoms with Crippen LogP contribution in [0.4, 0.5) is 0 Å². The summed E-state index contributed by atoms with van der Waals surface area (Å²) >= 11 is 0. The van der Waals surface area contributed by atoms with Crippen LogP contribution in [0.2, 0.25) is 0 Å². The summed E-state index contributed by atoms with van der Waals surface area (Å²) in [5.74, 6) is 0. The van der Waals surface area contributed by atoms with Gasteiger partial charge >= 0.3 is 0 Å². The van der Waals surface area contributed by atoms with Gasteiger partial charge in [-0.25, -0.2) is 0 Å². The van der Waals surface area contributed by atoms with E-state index in [1.165, 1.54) is 97.7 Å². The molecule has 0 aliphatic rings. The maximum absolute atomic E-state index is 2.41. The lowest BCUT2D eigenvalue weighted by molar-refractivity contribution is 1.67. The van der Waals surface area contributed by atoms with Crippen LogP contribution in [0.5, 0.6) is 0 Å². The first-order valence-corrected chi connectivity index (χ1v) is 15.4. The van der Waals surface area contributed by atoms with Crippen molar-refractivity contribution in [2.45, 2.75) is 0 Å². The van der Waals surface area contributed by atoms with Crippen molar-refractivity contribution in [1.29, 1.82) is 0 Å². The average Bonchev–Trinajstić information content (AvgIpc) is 3.09. The largest absolute Gasteiger partial charge is 0.0622 e. The van der Waals surface area contributed by atoms with E-state index < -0.39 is 0 Å². The maximum Gasteiger partial charge on any atom is -0.00134 e. The summed E-state index contributed by atoms with van der Waals surface area (Å²) in [6.07, 6.45) is 0. The molecule has 0 amide bonds. The second kappa shape index (κ2) is 8.89. The average molecular weight is 555 g/mol. The minimum atomic E-state index is 1.25. The second-order valence-electron chi connectivity index (χ2n) is 12.0. The van der Waals surface area contributed by atoms with Crippen LogP contribution in [0, 0.1) is 0 Å². The van der Waals surface area contributed by atoms with Gasteiger partial charge in [0.25, 0.3) is 0 Å². The number of hydrogen-bond donors (Lipinski definition) is 0. The van der Waals surface area contributed by atoms with Gasteiger partial charge in [0.2, 0.25) is 0 Å². The Kier molecular flexibility index (Phi) is 4.81. The Bertz CT molecular complexity index is 2750. The summed E-state index contributed by atoms with van der Waals surface area (Å²) in [5.41, 5.74) is 5.11. The predicted molar refractivity (Wildman–Crippen MR) is 191 cm³/mol. The van der Waals surface area contributed by atoms with Crippen LogP contribution in [0.1, 0.15) is 0 Å². The number of fused-ring (bicyclic) bond motifs is 7. The Morgan fingerprint density at radius 1 is 0.250 bits per heavy atom. The Morgan fingerprint density at radius 3 is 1.70 bits per heavy atom. The Balaban J connectivity index is 1.48. The summed E-state index contributed by atoms with van der Waals surface area (Å²) in [4.78, 5) is 0. The Hall–Kier alpha value is -5.72. The zero-order valence-corrected chi connectivity index (χ0v) is 24.0. The molecule has 0 spiro atoms. The normalized spacial score (nSPS) is 12.1.